The maximum Gasteiger partial charge on any atom is 0.126 e. The molecule has 1 aliphatic rings. The van der Waals surface area contributed by atoms with Gasteiger partial charge in [0, 0.05) is 21.0 Å². The molecule has 1 unspecified atom stereocenters. The number of thioether (sulfide) groups is 1. The van der Waals surface area contributed by atoms with Gasteiger partial charge in [0.1, 0.15) is 11.1 Å². The van der Waals surface area contributed by atoms with E-state index in [1.54, 1.807) is 23.9 Å². The van der Waals surface area contributed by atoms with E-state index >= 15 is 0 Å². The van der Waals surface area contributed by atoms with Crippen LogP contribution in [0, 0.1) is 0 Å². The molecule has 4 nitrogen and oxygen atoms in total. The maximum absolute atomic E-state index is 9.90. The Bertz CT molecular complexity index is 668. The zero-order chi connectivity index (χ0) is 15.0. The van der Waals surface area contributed by atoms with Crippen molar-refractivity contribution in [3.8, 4) is 5.75 Å². The van der Waals surface area contributed by atoms with E-state index in [9.17, 15) is 15.3 Å². The first-order valence-electron chi connectivity index (χ1n) is 6.41. The molecule has 1 atom stereocenters. The number of anilines is 1. The van der Waals surface area contributed by atoms with Gasteiger partial charge in [-0.3, -0.25) is 0 Å². The van der Waals surface area contributed by atoms with Crippen molar-refractivity contribution in [3.63, 3.8) is 0 Å². The minimum Gasteiger partial charge on any atom is -0.507 e. The molecule has 21 heavy (non-hydrogen) atoms. The van der Waals surface area contributed by atoms with E-state index in [1.807, 2.05) is 18.2 Å². The molecule has 0 radical (unpaired) electrons. The molecule has 0 aromatic heterocycles. The third kappa shape index (κ3) is 2.70. The Morgan fingerprint density at radius 1 is 1.10 bits per heavy atom. The number of rotatable bonds is 3. The quantitative estimate of drug-likeness (QED) is 0.698. The van der Waals surface area contributed by atoms with Crippen molar-refractivity contribution in [1.29, 1.82) is 0 Å². The first kappa shape index (κ1) is 14.5. The van der Waals surface area contributed by atoms with Crippen molar-refractivity contribution in [1.82, 2.24) is 0 Å². The van der Waals surface area contributed by atoms with Gasteiger partial charge in [-0.1, -0.05) is 23.4 Å². The molecule has 2 aromatic rings. The van der Waals surface area contributed by atoms with Crippen LogP contribution in [0.4, 0.5) is 5.69 Å². The molecular weight excluding hydrogens is 310 g/mol. The molecule has 0 saturated heterocycles. The van der Waals surface area contributed by atoms with Gasteiger partial charge >= 0.3 is 0 Å². The number of nitrogens with one attached hydrogen (secondary N) is 1. The van der Waals surface area contributed by atoms with Gasteiger partial charge in [0.2, 0.25) is 0 Å². The number of aromatic hydroxyl groups is 1. The first-order valence-corrected chi connectivity index (χ1v) is 7.67. The third-order valence-electron chi connectivity index (χ3n) is 3.41. The van der Waals surface area contributed by atoms with Crippen molar-refractivity contribution in [2.24, 2.45) is 0 Å². The van der Waals surface area contributed by atoms with Gasteiger partial charge in [-0.15, -0.1) is 0 Å². The second kappa shape index (κ2) is 5.77. The molecule has 0 saturated carbocycles. The molecule has 1 aliphatic heterocycles. The fourth-order valence-corrected chi connectivity index (χ4v) is 3.62. The average molecular weight is 324 g/mol. The standard InChI is InChI=1S/C15H14ClNO3S/c16-11-1-2-13-12(5-11)17-15(21-13)8-3-9(6-18)14(20)10(4-8)7-19/h1-5,15,17-20H,6-7H2. The zero-order valence-electron chi connectivity index (χ0n) is 11.0. The van der Waals surface area contributed by atoms with Crippen molar-refractivity contribution in [2.45, 2.75) is 23.5 Å². The third-order valence-corrected chi connectivity index (χ3v) is 4.88. The molecule has 0 bridgehead atoms. The summed E-state index contributed by atoms with van der Waals surface area (Å²) in [7, 11) is 0. The molecule has 3 rings (SSSR count). The molecular formula is C15H14ClNO3S. The molecule has 6 heteroatoms. The fraction of sp³-hybridized carbons (Fsp3) is 0.200. The Morgan fingerprint density at radius 3 is 2.38 bits per heavy atom. The Morgan fingerprint density at radius 2 is 1.76 bits per heavy atom. The lowest BCUT2D eigenvalue weighted by atomic mass is 10.0. The van der Waals surface area contributed by atoms with Crippen molar-refractivity contribution in [2.75, 3.05) is 5.32 Å². The van der Waals surface area contributed by atoms with Crippen LogP contribution in [-0.2, 0) is 13.2 Å². The summed E-state index contributed by atoms with van der Waals surface area (Å²) >= 11 is 7.61. The number of fused-ring (bicyclic) bond motifs is 1. The molecule has 2 aromatic carbocycles. The van der Waals surface area contributed by atoms with E-state index in [-0.39, 0.29) is 24.3 Å². The average Bonchev–Trinajstić information content (AvgIpc) is 2.90. The topological polar surface area (TPSA) is 72.7 Å². The lowest BCUT2D eigenvalue weighted by Crippen LogP contribution is -2.04. The molecule has 0 spiro atoms. The molecule has 0 aliphatic carbocycles. The molecule has 0 fully saturated rings. The number of hydrogen-bond donors (Lipinski definition) is 4. The van der Waals surface area contributed by atoms with Crippen LogP contribution in [0.5, 0.6) is 5.75 Å². The van der Waals surface area contributed by atoms with Crippen molar-refractivity contribution < 1.29 is 15.3 Å². The summed E-state index contributed by atoms with van der Waals surface area (Å²) in [5.74, 6) is -0.0488. The second-order valence-electron chi connectivity index (χ2n) is 4.79. The Kier molecular flexibility index (Phi) is 3.99. The Hall–Kier alpha value is -1.40. The molecule has 1 heterocycles. The van der Waals surface area contributed by atoms with Crippen molar-refractivity contribution in [3.05, 3.63) is 52.0 Å². The zero-order valence-corrected chi connectivity index (χ0v) is 12.6. The summed E-state index contributed by atoms with van der Waals surface area (Å²) in [5.41, 5.74) is 2.67. The summed E-state index contributed by atoms with van der Waals surface area (Å²) < 4.78 is 0. The van der Waals surface area contributed by atoms with E-state index < -0.39 is 0 Å². The van der Waals surface area contributed by atoms with E-state index in [4.69, 9.17) is 11.6 Å². The normalized spacial score (nSPS) is 16.6. The van der Waals surface area contributed by atoms with Crippen LogP contribution in [-0.4, -0.2) is 15.3 Å². The van der Waals surface area contributed by atoms with Crippen LogP contribution in [0.2, 0.25) is 5.02 Å². The highest BCUT2D eigenvalue weighted by Gasteiger charge is 2.24. The van der Waals surface area contributed by atoms with Gasteiger partial charge < -0.3 is 20.6 Å². The highest BCUT2D eigenvalue weighted by atomic mass is 35.5. The van der Waals surface area contributed by atoms with Crippen LogP contribution in [0.3, 0.4) is 0 Å². The van der Waals surface area contributed by atoms with Crippen molar-refractivity contribution >= 4 is 29.1 Å². The highest BCUT2D eigenvalue weighted by Crippen LogP contribution is 2.48. The minimum absolute atomic E-state index is 0.0466. The van der Waals surface area contributed by atoms with E-state index in [1.165, 1.54) is 0 Å². The number of aliphatic hydroxyl groups excluding tert-OH is 2. The monoisotopic (exact) mass is 323 g/mol. The summed E-state index contributed by atoms with van der Waals surface area (Å²) in [5, 5.41) is 32.5. The van der Waals surface area contributed by atoms with E-state index in [0.717, 1.165) is 16.1 Å². The second-order valence-corrected chi connectivity index (χ2v) is 6.37. The van der Waals surface area contributed by atoms with Gasteiger partial charge in [-0.2, -0.15) is 0 Å². The lowest BCUT2D eigenvalue weighted by molar-refractivity contribution is 0.263. The lowest BCUT2D eigenvalue weighted by Gasteiger charge is -2.15. The van der Waals surface area contributed by atoms with Crippen LogP contribution < -0.4 is 5.32 Å². The summed E-state index contributed by atoms with van der Waals surface area (Å²) in [6.45, 7) is -0.550. The number of benzene rings is 2. The number of aliphatic hydroxyl groups is 2. The van der Waals surface area contributed by atoms with Crippen LogP contribution in [0.25, 0.3) is 0 Å². The number of hydrogen-bond acceptors (Lipinski definition) is 5. The predicted octanol–water partition coefficient (Wildman–Crippen LogP) is 3.25. The van der Waals surface area contributed by atoms with Crippen LogP contribution in [0.1, 0.15) is 22.1 Å². The van der Waals surface area contributed by atoms with Gasteiger partial charge in [0.05, 0.1) is 18.9 Å². The largest absolute Gasteiger partial charge is 0.507 e. The summed E-state index contributed by atoms with van der Waals surface area (Å²) in [6.07, 6.45) is 0. The SMILES string of the molecule is OCc1cc(C2Nc3cc(Cl)ccc3S2)cc(CO)c1O. The van der Waals surface area contributed by atoms with Gasteiger partial charge in [0.15, 0.2) is 0 Å². The maximum atomic E-state index is 9.90. The van der Waals surface area contributed by atoms with E-state index in [2.05, 4.69) is 5.32 Å². The molecule has 0 amide bonds. The van der Waals surface area contributed by atoms with Crippen LogP contribution >= 0.6 is 23.4 Å². The predicted molar refractivity (Wildman–Crippen MR) is 83.6 cm³/mol. The highest BCUT2D eigenvalue weighted by molar-refractivity contribution is 8.00. The molecule has 110 valence electrons. The minimum atomic E-state index is -0.275. The molecule has 4 N–H and O–H groups in total. The number of halogens is 1. The number of phenols is 1. The van der Waals surface area contributed by atoms with Gasteiger partial charge in [-0.05, 0) is 35.9 Å². The van der Waals surface area contributed by atoms with E-state index in [0.29, 0.717) is 16.1 Å². The summed E-state index contributed by atoms with van der Waals surface area (Å²) in [6, 6.07) is 9.14. The Labute approximate surface area is 131 Å². The van der Waals surface area contributed by atoms with Gasteiger partial charge in [-0.25, -0.2) is 0 Å². The smallest absolute Gasteiger partial charge is 0.126 e. The van der Waals surface area contributed by atoms with Gasteiger partial charge in [0.25, 0.3) is 0 Å². The fourth-order valence-electron chi connectivity index (χ4n) is 2.35. The summed E-state index contributed by atoms with van der Waals surface area (Å²) in [4.78, 5) is 1.09. The van der Waals surface area contributed by atoms with Crippen LogP contribution in [0.15, 0.2) is 35.2 Å². The Balaban J connectivity index is 1.96. The first-order chi connectivity index (χ1) is 10.1.